The molecule has 1 heterocycles. The fourth-order valence-electron chi connectivity index (χ4n) is 1.79. The van der Waals surface area contributed by atoms with Gasteiger partial charge in [-0.05, 0) is 40.3 Å². The molecule has 0 aliphatic heterocycles. The quantitative estimate of drug-likeness (QED) is 0.900. The van der Waals surface area contributed by atoms with E-state index >= 15 is 0 Å². The summed E-state index contributed by atoms with van der Waals surface area (Å²) in [6, 6.07) is 1.81. The van der Waals surface area contributed by atoms with Crippen molar-refractivity contribution in [1.82, 2.24) is 9.88 Å². The lowest BCUT2D eigenvalue weighted by atomic mass is 10.3. The van der Waals surface area contributed by atoms with Gasteiger partial charge < -0.3 is 9.88 Å². The highest BCUT2D eigenvalue weighted by Crippen LogP contribution is 2.38. The third kappa shape index (κ3) is 2.43. The summed E-state index contributed by atoms with van der Waals surface area (Å²) in [4.78, 5) is 16.7. The number of aromatic nitrogens is 1. The molecule has 1 fully saturated rings. The highest BCUT2D eigenvalue weighted by atomic mass is 79.9. The summed E-state index contributed by atoms with van der Waals surface area (Å²) in [5, 5.41) is 0. The molecule has 1 aliphatic rings. The molecule has 2 unspecified atom stereocenters. The van der Waals surface area contributed by atoms with Gasteiger partial charge in [0.15, 0.2) is 0 Å². The summed E-state index contributed by atoms with van der Waals surface area (Å²) in [6.07, 6.45) is 3.03. The number of H-pyrrole nitrogens is 1. The van der Waals surface area contributed by atoms with Gasteiger partial charge in [0.1, 0.15) is 5.69 Å². The second kappa shape index (κ2) is 4.00. The minimum Gasteiger partial charge on any atom is -0.356 e. The standard InChI is InChI=1S/C11H15BrN2O/c1-7-3-8(7)6-14(2)11(15)10-4-9(12)5-13-10/h4-5,7-8,13H,3,6H2,1-2H3. The molecular formula is C11H15BrN2O. The molecule has 1 aliphatic carbocycles. The summed E-state index contributed by atoms with van der Waals surface area (Å²) >= 11 is 3.32. The van der Waals surface area contributed by atoms with E-state index in [2.05, 4.69) is 27.8 Å². The number of hydrogen-bond acceptors (Lipinski definition) is 1. The second-order valence-electron chi connectivity index (χ2n) is 4.39. The van der Waals surface area contributed by atoms with Crippen LogP contribution in [-0.2, 0) is 0 Å². The number of aromatic amines is 1. The monoisotopic (exact) mass is 270 g/mol. The largest absolute Gasteiger partial charge is 0.356 e. The number of carbonyl (C=O) groups is 1. The first-order chi connectivity index (χ1) is 7.08. The Labute approximate surface area is 98.0 Å². The van der Waals surface area contributed by atoms with Crippen LogP contribution in [0.4, 0.5) is 0 Å². The Hall–Kier alpha value is -0.770. The Morgan fingerprint density at radius 2 is 2.40 bits per heavy atom. The lowest BCUT2D eigenvalue weighted by Crippen LogP contribution is -2.29. The predicted octanol–water partition coefficient (Wildman–Crippen LogP) is 2.51. The summed E-state index contributed by atoms with van der Waals surface area (Å²) < 4.78 is 0.916. The van der Waals surface area contributed by atoms with Gasteiger partial charge in [-0.25, -0.2) is 0 Å². The zero-order valence-corrected chi connectivity index (χ0v) is 10.5. The third-order valence-corrected chi connectivity index (χ3v) is 3.47. The zero-order chi connectivity index (χ0) is 11.0. The molecule has 2 rings (SSSR count). The van der Waals surface area contributed by atoms with Crippen LogP contribution in [0.15, 0.2) is 16.7 Å². The number of carbonyl (C=O) groups excluding carboxylic acids is 1. The molecule has 3 nitrogen and oxygen atoms in total. The highest BCUT2D eigenvalue weighted by molar-refractivity contribution is 9.10. The second-order valence-corrected chi connectivity index (χ2v) is 5.31. The maximum absolute atomic E-state index is 11.9. The van der Waals surface area contributed by atoms with Crippen LogP contribution in [0.5, 0.6) is 0 Å². The zero-order valence-electron chi connectivity index (χ0n) is 8.96. The van der Waals surface area contributed by atoms with Gasteiger partial charge in [0, 0.05) is 24.3 Å². The fourth-order valence-corrected chi connectivity index (χ4v) is 2.13. The first kappa shape index (κ1) is 10.7. The Balaban J connectivity index is 1.95. The molecule has 0 bridgehead atoms. The summed E-state index contributed by atoms with van der Waals surface area (Å²) in [6.45, 7) is 3.10. The minimum absolute atomic E-state index is 0.0693. The fraction of sp³-hybridized carbons (Fsp3) is 0.545. The van der Waals surface area contributed by atoms with E-state index in [9.17, 15) is 4.79 Å². The summed E-state index contributed by atoms with van der Waals surface area (Å²) in [7, 11) is 1.86. The molecule has 1 amide bonds. The first-order valence-electron chi connectivity index (χ1n) is 5.17. The Morgan fingerprint density at radius 3 is 2.87 bits per heavy atom. The molecule has 0 radical (unpaired) electrons. The van der Waals surface area contributed by atoms with Gasteiger partial charge in [-0.15, -0.1) is 0 Å². The Morgan fingerprint density at radius 1 is 1.73 bits per heavy atom. The van der Waals surface area contributed by atoms with E-state index < -0.39 is 0 Å². The molecule has 1 saturated carbocycles. The third-order valence-electron chi connectivity index (χ3n) is 3.01. The van der Waals surface area contributed by atoms with Gasteiger partial charge >= 0.3 is 0 Å². The molecule has 82 valence electrons. The molecule has 1 N–H and O–H groups in total. The number of rotatable bonds is 3. The Kier molecular flexibility index (Phi) is 2.87. The average Bonchev–Trinajstić information content (AvgIpc) is 2.71. The van der Waals surface area contributed by atoms with E-state index in [1.54, 1.807) is 11.1 Å². The SMILES string of the molecule is CC1CC1CN(C)C(=O)c1cc(Br)c[nH]1. The van der Waals surface area contributed by atoms with Crippen molar-refractivity contribution < 1.29 is 4.79 Å². The van der Waals surface area contributed by atoms with Crippen LogP contribution < -0.4 is 0 Å². The van der Waals surface area contributed by atoms with Gasteiger partial charge in [-0.2, -0.15) is 0 Å². The number of hydrogen-bond donors (Lipinski definition) is 1. The van der Waals surface area contributed by atoms with Crippen molar-refractivity contribution in [3.8, 4) is 0 Å². The van der Waals surface area contributed by atoms with Gasteiger partial charge in [0.25, 0.3) is 5.91 Å². The van der Waals surface area contributed by atoms with Crippen LogP contribution in [0.2, 0.25) is 0 Å². The summed E-state index contributed by atoms with van der Waals surface area (Å²) in [5.41, 5.74) is 0.651. The van der Waals surface area contributed by atoms with Crippen molar-refractivity contribution in [2.45, 2.75) is 13.3 Å². The molecular weight excluding hydrogens is 256 g/mol. The molecule has 1 aromatic heterocycles. The van der Waals surface area contributed by atoms with E-state index in [0.29, 0.717) is 11.6 Å². The van der Waals surface area contributed by atoms with E-state index in [4.69, 9.17) is 0 Å². The van der Waals surface area contributed by atoms with Gasteiger partial charge in [-0.3, -0.25) is 4.79 Å². The number of amides is 1. The van der Waals surface area contributed by atoms with Gasteiger partial charge in [-0.1, -0.05) is 6.92 Å². The van der Waals surface area contributed by atoms with E-state index in [-0.39, 0.29) is 5.91 Å². The van der Waals surface area contributed by atoms with E-state index in [1.165, 1.54) is 6.42 Å². The molecule has 0 aromatic carbocycles. The number of nitrogens with one attached hydrogen (secondary N) is 1. The number of halogens is 1. The van der Waals surface area contributed by atoms with E-state index in [0.717, 1.165) is 16.9 Å². The van der Waals surface area contributed by atoms with Crippen LogP contribution in [0.3, 0.4) is 0 Å². The normalized spacial score (nSPS) is 23.9. The van der Waals surface area contributed by atoms with Crippen LogP contribution in [0.25, 0.3) is 0 Å². The lowest BCUT2D eigenvalue weighted by Gasteiger charge is -2.15. The van der Waals surface area contributed by atoms with Crippen molar-refractivity contribution in [3.63, 3.8) is 0 Å². The van der Waals surface area contributed by atoms with Gasteiger partial charge in [0.05, 0.1) is 0 Å². The first-order valence-corrected chi connectivity index (χ1v) is 5.96. The maximum atomic E-state index is 11.9. The van der Waals surface area contributed by atoms with Crippen LogP contribution in [-0.4, -0.2) is 29.4 Å². The maximum Gasteiger partial charge on any atom is 0.270 e. The Bertz CT molecular complexity index is 374. The van der Waals surface area contributed by atoms with Crippen molar-refractivity contribution in [2.75, 3.05) is 13.6 Å². The molecule has 4 heteroatoms. The van der Waals surface area contributed by atoms with Crippen molar-refractivity contribution in [1.29, 1.82) is 0 Å². The smallest absolute Gasteiger partial charge is 0.270 e. The van der Waals surface area contributed by atoms with Crippen molar-refractivity contribution in [2.24, 2.45) is 11.8 Å². The molecule has 15 heavy (non-hydrogen) atoms. The van der Waals surface area contributed by atoms with Gasteiger partial charge in [0.2, 0.25) is 0 Å². The van der Waals surface area contributed by atoms with Crippen LogP contribution in [0.1, 0.15) is 23.8 Å². The molecule has 0 saturated heterocycles. The van der Waals surface area contributed by atoms with E-state index in [1.807, 2.05) is 13.1 Å². The molecule has 0 spiro atoms. The lowest BCUT2D eigenvalue weighted by molar-refractivity contribution is 0.0782. The topological polar surface area (TPSA) is 36.1 Å². The van der Waals surface area contributed by atoms with Crippen LogP contribution in [0, 0.1) is 11.8 Å². The van der Waals surface area contributed by atoms with Crippen molar-refractivity contribution in [3.05, 3.63) is 22.4 Å². The molecule has 2 atom stereocenters. The highest BCUT2D eigenvalue weighted by Gasteiger charge is 2.34. The summed E-state index contributed by atoms with van der Waals surface area (Å²) in [5.74, 6) is 1.56. The predicted molar refractivity (Wildman–Crippen MR) is 62.7 cm³/mol. The average molecular weight is 271 g/mol. The number of nitrogens with zero attached hydrogens (tertiary/aromatic N) is 1. The minimum atomic E-state index is 0.0693. The molecule has 1 aromatic rings. The van der Waals surface area contributed by atoms with Crippen LogP contribution >= 0.6 is 15.9 Å². The van der Waals surface area contributed by atoms with Crippen molar-refractivity contribution >= 4 is 21.8 Å².